The fraction of sp³-hybridized carbons (Fsp3) is 0.417. The third-order valence-corrected chi connectivity index (χ3v) is 5.34. The topological polar surface area (TPSA) is 67.9 Å². The van der Waals surface area contributed by atoms with Crippen LogP contribution in [0.2, 0.25) is 0 Å². The van der Waals surface area contributed by atoms with Crippen molar-refractivity contribution in [2.75, 3.05) is 26.8 Å². The van der Waals surface area contributed by atoms with Gasteiger partial charge in [-0.25, -0.2) is 0 Å². The van der Waals surface area contributed by atoms with E-state index in [-0.39, 0.29) is 17.7 Å². The molecule has 1 unspecified atom stereocenters. The first kappa shape index (κ1) is 21.8. The van der Waals surface area contributed by atoms with Gasteiger partial charge in [0.15, 0.2) is 0 Å². The van der Waals surface area contributed by atoms with Crippen molar-refractivity contribution in [3.63, 3.8) is 0 Å². The minimum absolute atomic E-state index is 0.000237. The Morgan fingerprint density at radius 2 is 1.80 bits per heavy atom. The Balaban J connectivity index is 1.45. The summed E-state index contributed by atoms with van der Waals surface area (Å²) in [6, 6.07) is 17.4. The smallest absolute Gasteiger partial charge is 0.226 e. The van der Waals surface area contributed by atoms with Crippen LogP contribution in [-0.4, -0.2) is 43.5 Å². The minimum atomic E-state index is -0.174. The Bertz CT molecular complexity index is 825. The molecule has 3 rings (SSSR count). The second-order valence-electron chi connectivity index (χ2n) is 7.51. The van der Waals surface area contributed by atoms with Gasteiger partial charge in [-0.15, -0.1) is 0 Å². The molecule has 2 aromatic carbocycles. The van der Waals surface area contributed by atoms with Crippen molar-refractivity contribution in [3.8, 4) is 5.75 Å². The number of nitrogens with zero attached hydrogens (tertiary/aromatic N) is 1. The van der Waals surface area contributed by atoms with Crippen LogP contribution in [0.3, 0.4) is 0 Å². The van der Waals surface area contributed by atoms with Crippen molar-refractivity contribution in [2.45, 2.75) is 32.4 Å². The molecule has 1 aliphatic rings. The standard InChI is InChI=1S/C24H30N2O4/c1-29-18-21-9-6-5-8-19(21)16-25-24(28)20-10-7-14-26(17-20)23(27)13-15-30-22-11-3-2-4-12-22/h2-6,8-9,11-12,20H,7,10,13-18H2,1H3,(H,25,28). The van der Waals surface area contributed by atoms with E-state index in [1.165, 1.54) is 0 Å². The number of para-hydroxylation sites is 1. The normalized spacial score (nSPS) is 16.2. The first-order valence-corrected chi connectivity index (χ1v) is 10.5. The molecule has 1 aliphatic heterocycles. The van der Waals surface area contributed by atoms with Crippen LogP contribution < -0.4 is 10.1 Å². The molecule has 2 amide bonds. The number of amides is 2. The van der Waals surface area contributed by atoms with Crippen LogP contribution in [0.1, 0.15) is 30.4 Å². The monoisotopic (exact) mass is 410 g/mol. The maximum Gasteiger partial charge on any atom is 0.226 e. The lowest BCUT2D eigenvalue weighted by atomic mass is 9.96. The number of nitrogens with one attached hydrogen (secondary N) is 1. The molecule has 6 nitrogen and oxygen atoms in total. The third-order valence-electron chi connectivity index (χ3n) is 5.34. The average Bonchev–Trinajstić information content (AvgIpc) is 2.79. The molecule has 1 atom stereocenters. The number of ether oxygens (including phenoxy) is 2. The number of carbonyl (C=O) groups is 2. The number of piperidine rings is 1. The van der Waals surface area contributed by atoms with Crippen molar-refractivity contribution in [1.29, 1.82) is 0 Å². The van der Waals surface area contributed by atoms with Gasteiger partial charge in [-0.2, -0.15) is 0 Å². The zero-order chi connectivity index (χ0) is 21.2. The van der Waals surface area contributed by atoms with Gasteiger partial charge in [0.05, 0.1) is 25.6 Å². The van der Waals surface area contributed by atoms with Gasteiger partial charge in [0.25, 0.3) is 0 Å². The molecular formula is C24H30N2O4. The highest BCUT2D eigenvalue weighted by Gasteiger charge is 2.28. The van der Waals surface area contributed by atoms with E-state index in [4.69, 9.17) is 9.47 Å². The maximum atomic E-state index is 12.7. The predicted molar refractivity (Wildman–Crippen MR) is 115 cm³/mol. The van der Waals surface area contributed by atoms with Gasteiger partial charge in [-0.1, -0.05) is 42.5 Å². The number of methoxy groups -OCH3 is 1. The third kappa shape index (κ3) is 6.32. The van der Waals surface area contributed by atoms with E-state index in [1.807, 2.05) is 54.6 Å². The van der Waals surface area contributed by atoms with Crippen LogP contribution in [0.15, 0.2) is 54.6 Å². The van der Waals surface area contributed by atoms with E-state index in [9.17, 15) is 9.59 Å². The Morgan fingerprint density at radius 3 is 2.57 bits per heavy atom. The number of hydrogen-bond donors (Lipinski definition) is 1. The molecule has 0 saturated carbocycles. The summed E-state index contributed by atoms with van der Waals surface area (Å²) >= 11 is 0. The van der Waals surface area contributed by atoms with Gasteiger partial charge in [-0.3, -0.25) is 9.59 Å². The van der Waals surface area contributed by atoms with Crippen molar-refractivity contribution in [3.05, 3.63) is 65.7 Å². The van der Waals surface area contributed by atoms with Crippen molar-refractivity contribution >= 4 is 11.8 Å². The van der Waals surface area contributed by atoms with Crippen molar-refractivity contribution < 1.29 is 19.1 Å². The lowest BCUT2D eigenvalue weighted by Crippen LogP contribution is -2.45. The Morgan fingerprint density at radius 1 is 1.07 bits per heavy atom. The molecular weight excluding hydrogens is 380 g/mol. The summed E-state index contributed by atoms with van der Waals surface area (Å²) in [6.07, 6.45) is 1.95. The van der Waals surface area contributed by atoms with Crippen LogP contribution in [0.4, 0.5) is 0 Å². The largest absolute Gasteiger partial charge is 0.493 e. The second kappa shape index (κ2) is 11.4. The van der Waals surface area contributed by atoms with E-state index in [0.29, 0.717) is 39.3 Å². The van der Waals surface area contributed by atoms with Crippen LogP contribution in [0.5, 0.6) is 5.75 Å². The van der Waals surface area contributed by atoms with E-state index in [0.717, 1.165) is 29.7 Å². The highest BCUT2D eigenvalue weighted by Crippen LogP contribution is 2.18. The molecule has 30 heavy (non-hydrogen) atoms. The fourth-order valence-corrected chi connectivity index (χ4v) is 3.70. The summed E-state index contributed by atoms with van der Waals surface area (Å²) < 4.78 is 10.8. The minimum Gasteiger partial charge on any atom is -0.493 e. The fourth-order valence-electron chi connectivity index (χ4n) is 3.70. The SMILES string of the molecule is COCc1ccccc1CNC(=O)C1CCCN(C(=O)CCOc2ccccc2)C1. The lowest BCUT2D eigenvalue weighted by molar-refractivity contribution is -0.136. The predicted octanol–water partition coefficient (Wildman–Crippen LogP) is 3.16. The Labute approximate surface area is 178 Å². The zero-order valence-corrected chi connectivity index (χ0v) is 17.5. The van der Waals surface area contributed by atoms with Crippen LogP contribution in [0, 0.1) is 5.92 Å². The van der Waals surface area contributed by atoms with Crippen molar-refractivity contribution in [2.24, 2.45) is 5.92 Å². The van der Waals surface area contributed by atoms with E-state index < -0.39 is 0 Å². The lowest BCUT2D eigenvalue weighted by Gasteiger charge is -2.32. The van der Waals surface area contributed by atoms with E-state index in [1.54, 1.807) is 12.0 Å². The average molecular weight is 411 g/mol. The summed E-state index contributed by atoms with van der Waals surface area (Å²) in [5, 5.41) is 3.03. The maximum absolute atomic E-state index is 12.7. The first-order chi connectivity index (χ1) is 14.7. The van der Waals surface area contributed by atoms with Crippen LogP contribution >= 0.6 is 0 Å². The Kier molecular flexibility index (Phi) is 8.27. The molecule has 1 fully saturated rings. The summed E-state index contributed by atoms with van der Waals surface area (Å²) in [5.74, 6) is 0.622. The summed E-state index contributed by atoms with van der Waals surface area (Å²) in [5.41, 5.74) is 2.12. The number of benzene rings is 2. The second-order valence-corrected chi connectivity index (χ2v) is 7.51. The summed E-state index contributed by atoms with van der Waals surface area (Å²) in [4.78, 5) is 27.0. The number of hydrogen-bond acceptors (Lipinski definition) is 4. The van der Waals surface area contributed by atoms with Gasteiger partial charge in [0.2, 0.25) is 11.8 Å². The molecule has 0 aromatic heterocycles. The van der Waals surface area contributed by atoms with Gasteiger partial charge in [0.1, 0.15) is 5.75 Å². The van der Waals surface area contributed by atoms with Gasteiger partial charge < -0.3 is 19.7 Å². The van der Waals surface area contributed by atoms with Crippen molar-refractivity contribution in [1.82, 2.24) is 10.2 Å². The molecule has 1 saturated heterocycles. The molecule has 1 N–H and O–H groups in total. The molecule has 0 spiro atoms. The highest BCUT2D eigenvalue weighted by atomic mass is 16.5. The first-order valence-electron chi connectivity index (χ1n) is 10.5. The molecule has 0 bridgehead atoms. The molecule has 2 aromatic rings. The summed E-state index contributed by atoms with van der Waals surface area (Å²) in [6.45, 7) is 2.49. The molecule has 160 valence electrons. The van der Waals surface area contributed by atoms with Crippen LogP contribution in [-0.2, 0) is 27.5 Å². The molecule has 6 heteroatoms. The van der Waals surface area contributed by atoms with E-state index in [2.05, 4.69) is 5.32 Å². The molecule has 1 heterocycles. The molecule has 0 aliphatic carbocycles. The van der Waals surface area contributed by atoms with Gasteiger partial charge >= 0.3 is 0 Å². The van der Waals surface area contributed by atoms with Crippen LogP contribution in [0.25, 0.3) is 0 Å². The quantitative estimate of drug-likeness (QED) is 0.690. The zero-order valence-electron chi connectivity index (χ0n) is 17.5. The van der Waals surface area contributed by atoms with Gasteiger partial charge in [-0.05, 0) is 36.1 Å². The molecule has 0 radical (unpaired) electrons. The van der Waals surface area contributed by atoms with Gasteiger partial charge in [0, 0.05) is 26.7 Å². The Hall–Kier alpha value is -2.86. The summed E-state index contributed by atoms with van der Waals surface area (Å²) in [7, 11) is 1.66. The number of likely N-dealkylation sites (tertiary alicyclic amines) is 1. The number of rotatable bonds is 9. The number of carbonyl (C=O) groups excluding carboxylic acids is 2. The van der Waals surface area contributed by atoms with E-state index >= 15 is 0 Å². The highest BCUT2D eigenvalue weighted by molar-refractivity contribution is 5.81.